The number of aryl methyl sites for hydroxylation is 1. The molecule has 34 heavy (non-hydrogen) atoms. The van der Waals surface area contributed by atoms with Gasteiger partial charge in [0.05, 0.1) is 17.1 Å². The second-order valence-corrected chi connectivity index (χ2v) is 7.79. The normalized spacial score (nSPS) is 10.5. The lowest BCUT2D eigenvalue weighted by Gasteiger charge is -2.09. The molecule has 6 heteroatoms. The number of ether oxygens (including phenoxy) is 1. The number of carbonyl (C=O) groups is 1. The van der Waals surface area contributed by atoms with Gasteiger partial charge >= 0.3 is 0 Å². The average Bonchev–Trinajstić information content (AvgIpc) is 3.31. The number of anilines is 1. The van der Waals surface area contributed by atoms with Crippen molar-refractivity contribution < 1.29 is 9.53 Å². The maximum absolute atomic E-state index is 11.7. The summed E-state index contributed by atoms with van der Waals surface area (Å²) in [5.41, 5.74) is 12.5. The van der Waals surface area contributed by atoms with Crippen LogP contribution in [0.3, 0.4) is 0 Å². The van der Waals surface area contributed by atoms with Gasteiger partial charge in [-0.1, -0.05) is 42.3 Å². The molecule has 1 heterocycles. The number of amides is 1. The molecule has 6 nitrogen and oxygen atoms in total. The van der Waals surface area contributed by atoms with Crippen LogP contribution in [0.25, 0.3) is 28.1 Å². The summed E-state index contributed by atoms with van der Waals surface area (Å²) >= 11 is 0. The molecule has 0 saturated heterocycles. The second-order valence-electron chi connectivity index (χ2n) is 7.79. The van der Waals surface area contributed by atoms with Crippen molar-refractivity contribution in [1.82, 2.24) is 15.1 Å². The maximum atomic E-state index is 11.7. The van der Waals surface area contributed by atoms with Gasteiger partial charge in [-0.25, -0.2) is 4.68 Å². The van der Waals surface area contributed by atoms with Crippen LogP contribution in [-0.2, 0) is 11.2 Å². The van der Waals surface area contributed by atoms with E-state index in [-0.39, 0.29) is 12.5 Å². The highest BCUT2D eigenvalue weighted by molar-refractivity contribution is 5.76. The number of terminal acetylenes is 1. The molecule has 0 spiro atoms. The highest BCUT2D eigenvalue weighted by Gasteiger charge is 2.13. The van der Waals surface area contributed by atoms with Crippen LogP contribution in [0.5, 0.6) is 5.75 Å². The molecule has 0 aliphatic rings. The predicted molar refractivity (Wildman–Crippen MR) is 136 cm³/mol. The summed E-state index contributed by atoms with van der Waals surface area (Å²) in [6.07, 6.45) is 6.19. The highest BCUT2D eigenvalue weighted by atomic mass is 16.5. The molecule has 0 unspecified atom stereocenters. The van der Waals surface area contributed by atoms with Crippen molar-refractivity contribution in [3.63, 3.8) is 0 Å². The van der Waals surface area contributed by atoms with E-state index in [0.29, 0.717) is 18.5 Å². The fourth-order valence-corrected chi connectivity index (χ4v) is 3.64. The number of nitrogens with two attached hydrogens (primary N) is 1. The summed E-state index contributed by atoms with van der Waals surface area (Å²) in [7, 11) is 1.64. The van der Waals surface area contributed by atoms with Gasteiger partial charge in [-0.15, -0.1) is 6.42 Å². The Bertz CT molecular complexity index is 1300. The standard InChI is InChI=1S/C28H26N4O2/c1-3-18-34-26-15-8-21(9-16-26)20-4-6-22(7-5-20)27-19-24(12-17-28(33)30-2)31-32(27)25-13-10-23(29)11-14-25/h1,4-11,13-16,19H,12,17-18,29H2,2H3,(H,30,33). The lowest BCUT2D eigenvalue weighted by Crippen LogP contribution is -2.18. The monoisotopic (exact) mass is 450 g/mol. The van der Waals surface area contributed by atoms with E-state index in [4.69, 9.17) is 22.0 Å². The summed E-state index contributed by atoms with van der Waals surface area (Å²) in [6, 6.07) is 25.8. The minimum absolute atomic E-state index is 0.0105. The zero-order valence-electron chi connectivity index (χ0n) is 19.0. The fourth-order valence-electron chi connectivity index (χ4n) is 3.64. The third-order valence-corrected chi connectivity index (χ3v) is 5.48. The Morgan fingerprint density at radius 1 is 1.00 bits per heavy atom. The number of hydrogen-bond donors (Lipinski definition) is 2. The molecule has 0 atom stereocenters. The molecule has 1 amide bonds. The van der Waals surface area contributed by atoms with Crippen molar-refractivity contribution in [2.45, 2.75) is 12.8 Å². The van der Waals surface area contributed by atoms with Crippen molar-refractivity contribution in [1.29, 1.82) is 0 Å². The molecular weight excluding hydrogens is 424 g/mol. The number of nitrogens with one attached hydrogen (secondary N) is 1. The maximum Gasteiger partial charge on any atom is 0.220 e. The predicted octanol–water partition coefficient (Wildman–Crippen LogP) is 4.48. The van der Waals surface area contributed by atoms with E-state index in [2.05, 4.69) is 35.5 Å². The summed E-state index contributed by atoms with van der Waals surface area (Å²) in [5.74, 6) is 3.20. The largest absolute Gasteiger partial charge is 0.481 e. The van der Waals surface area contributed by atoms with Crippen molar-refractivity contribution >= 4 is 11.6 Å². The molecule has 0 radical (unpaired) electrons. The Morgan fingerprint density at radius 2 is 1.62 bits per heavy atom. The van der Waals surface area contributed by atoms with E-state index in [1.165, 1.54) is 0 Å². The Balaban J connectivity index is 1.63. The average molecular weight is 451 g/mol. The highest BCUT2D eigenvalue weighted by Crippen LogP contribution is 2.29. The van der Waals surface area contributed by atoms with Crippen molar-refractivity contribution in [3.05, 3.63) is 84.6 Å². The molecule has 4 aromatic rings. The third kappa shape index (κ3) is 5.28. The van der Waals surface area contributed by atoms with Crippen LogP contribution >= 0.6 is 0 Å². The molecule has 0 fully saturated rings. The first-order valence-corrected chi connectivity index (χ1v) is 11.0. The van der Waals surface area contributed by atoms with Gasteiger partial charge in [0.2, 0.25) is 5.91 Å². The smallest absolute Gasteiger partial charge is 0.220 e. The fraction of sp³-hybridized carbons (Fsp3) is 0.143. The summed E-state index contributed by atoms with van der Waals surface area (Å²) in [4.78, 5) is 11.7. The van der Waals surface area contributed by atoms with E-state index >= 15 is 0 Å². The molecule has 170 valence electrons. The first-order valence-electron chi connectivity index (χ1n) is 11.0. The Labute approximate surface area is 199 Å². The van der Waals surface area contributed by atoms with Crippen molar-refractivity contribution in [2.24, 2.45) is 0 Å². The molecule has 3 N–H and O–H groups in total. The summed E-state index contributed by atoms with van der Waals surface area (Å²) in [5, 5.41) is 7.43. The van der Waals surface area contributed by atoms with Crippen LogP contribution in [0.4, 0.5) is 5.69 Å². The zero-order chi connectivity index (χ0) is 23.9. The van der Waals surface area contributed by atoms with Gasteiger partial charge < -0.3 is 15.8 Å². The summed E-state index contributed by atoms with van der Waals surface area (Å²) in [6.45, 7) is 0.251. The Morgan fingerprint density at radius 3 is 2.24 bits per heavy atom. The van der Waals surface area contributed by atoms with E-state index in [0.717, 1.165) is 39.5 Å². The SMILES string of the molecule is C#CCOc1ccc(-c2ccc(-c3cc(CCC(=O)NC)nn3-c3ccc(N)cc3)cc2)cc1. The van der Waals surface area contributed by atoms with Gasteiger partial charge in [0.25, 0.3) is 0 Å². The first kappa shape index (κ1) is 22.7. The van der Waals surface area contributed by atoms with Crippen molar-refractivity contribution in [2.75, 3.05) is 19.4 Å². The van der Waals surface area contributed by atoms with Gasteiger partial charge in [0.15, 0.2) is 0 Å². The molecule has 0 aliphatic heterocycles. The Hall–Kier alpha value is -4.50. The molecule has 3 aromatic carbocycles. The summed E-state index contributed by atoms with van der Waals surface area (Å²) < 4.78 is 7.35. The zero-order valence-corrected chi connectivity index (χ0v) is 19.0. The van der Waals surface area contributed by atoms with Gasteiger partial charge in [-0.05, 0) is 53.6 Å². The molecule has 4 rings (SSSR count). The van der Waals surface area contributed by atoms with Gasteiger partial charge in [0.1, 0.15) is 12.4 Å². The second kappa shape index (κ2) is 10.4. The van der Waals surface area contributed by atoms with Crippen LogP contribution in [0.2, 0.25) is 0 Å². The van der Waals surface area contributed by atoms with E-state index < -0.39 is 0 Å². The molecule has 0 saturated carbocycles. The van der Waals surface area contributed by atoms with E-state index in [1.807, 2.05) is 59.3 Å². The molecule has 1 aromatic heterocycles. The number of benzene rings is 3. The third-order valence-electron chi connectivity index (χ3n) is 5.48. The van der Waals surface area contributed by atoms with Crippen LogP contribution < -0.4 is 15.8 Å². The number of hydrogen-bond acceptors (Lipinski definition) is 4. The number of carbonyl (C=O) groups excluding carboxylic acids is 1. The van der Waals surface area contributed by atoms with E-state index in [9.17, 15) is 4.79 Å². The lowest BCUT2D eigenvalue weighted by molar-refractivity contribution is -0.120. The molecule has 0 aliphatic carbocycles. The minimum Gasteiger partial charge on any atom is -0.481 e. The van der Waals surface area contributed by atoms with Crippen LogP contribution in [0.15, 0.2) is 78.9 Å². The number of rotatable bonds is 8. The van der Waals surface area contributed by atoms with Gasteiger partial charge in [0, 0.05) is 31.1 Å². The Kier molecular flexibility index (Phi) is 6.95. The van der Waals surface area contributed by atoms with Crippen molar-refractivity contribution in [3.8, 4) is 46.2 Å². The van der Waals surface area contributed by atoms with Crippen LogP contribution in [0.1, 0.15) is 12.1 Å². The lowest BCUT2D eigenvalue weighted by atomic mass is 10.0. The van der Waals surface area contributed by atoms with Crippen LogP contribution in [-0.4, -0.2) is 29.3 Å². The number of nitrogens with zero attached hydrogens (tertiary/aromatic N) is 2. The minimum atomic E-state index is -0.0105. The van der Waals surface area contributed by atoms with E-state index in [1.54, 1.807) is 7.05 Å². The van der Waals surface area contributed by atoms with Gasteiger partial charge in [-0.2, -0.15) is 5.10 Å². The quantitative estimate of drug-likeness (QED) is 0.306. The number of nitrogen functional groups attached to an aromatic ring is 1. The number of aromatic nitrogens is 2. The first-order chi connectivity index (χ1) is 16.6. The molecular formula is C28H26N4O2. The molecule has 0 bridgehead atoms. The van der Waals surface area contributed by atoms with Crippen LogP contribution in [0, 0.1) is 12.3 Å². The topological polar surface area (TPSA) is 82.2 Å². The van der Waals surface area contributed by atoms with Gasteiger partial charge in [-0.3, -0.25) is 4.79 Å².